The third-order valence-electron chi connectivity index (χ3n) is 2.16. The van der Waals surface area contributed by atoms with Crippen molar-refractivity contribution >= 4 is 11.9 Å². The van der Waals surface area contributed by atoms with Crippen molar-refractivity contribution in [3.8, 4) is 0 Å². The van der Waals surface area contributed by atoms with Gasteiger partial charge in [0.05, 0.1) is 5.56 Å². The summed E-state index contributed by atoms with van der Waals surface area (Å²) in [7, 11) is 0. The molecule has 86 valence electrons. The molecule has 0 saturated heterocycles. The number of aromatic nitrogens is 3. The third-order valence-corrected chi connectivity index (χ3v) is 2.16. The van der Waals surface area contributed by atoms with E-state index in [0.717, 1.165) is 11.3 Å². The van der Waals surface area contributed by atoms with Crippen molar-refractivity contribution in [1.82, 2.24) is 15.0 Å². The highest BCUT2D eigenvalue weighted by atomic mass is 16.1. The molecule has 0 saturated carbocycles. The molecule has 1 N–H and O–H groups in total. The van der Waals surface area contributed by atoms with Crippen molar-refractivity contribution in [2.75, 3.05) is 5.32 Å². The van der Waals surface area contributed by atoms with Gasteiger partial charge in [0.25, 0.3) is 5.91 Å². The largest absolute Gasteiger partial charge is 0.290 e. The number of hydrogen-bond donors (Lipinski definition) is 1. The first-order valence-electron chi connectivity index (χ1n) is 5.18. The zero-order chi connectivity index (χ0) is 12.3. The van der Waals surface area contributed by atoms with Crippen LogP contribution in [0.5, 0.6) is 0 Å². The van der Waals surface area contributed by atoms with Gasteiger partial charge < -0.3 is 0 Å². The highest BCUT2D eigenvalue weighted by Crippen LogP contribution is 2.05. The van der Waals surface area contributed by atoms with Crippen LogP contribution in [0.3, 0.4) is 0 Å². The molecule has 0 unspecified atom stereocenters. The lowest BCUT2D eigenvalue weighted by Crippen LogP contribution is -2.14. The normalized spacial score (nSPS) is 10.0. The van der Waals surface area contributed by atoms with Gasteiger partial charge >= 0.3 is 0 Å². The molecule has 5 nitrogen and oxygen atoms in total. The molecule has 0 aliphatic carbocycles. The highest BCUT2D eigenvalue weighted by Gasteiger charge is 2.08. The Balaban J connectivity index is 2.17. The van der Waals surface area contributed by atoms with Crippen LogP contribution >= 0.6 is 0 Å². The third kappa shape index (κ3) is 2.84. The Morgan fingerprint density at radius 1 is 1.29 bits per heavy atom. The van der Waals surface area contributed by atoms with Crippen LogP contribution in [0.25, 0.3) is 0 Å². The van der Waals surface area contributed by atoms with Gasteiger partial charge in [-0.2, -0.15) is 0 Å². The summed E-state index contributed by atoms with van der Waals surface area (Å²) in [6, 6.07) is 3.53. The van der Waals surface area contributed by atoms with Crippen LogP contribution in [0.4, 0.5) is 5.95 Å². The van der Waals surface area contributed by atoms with Crippen LogP contribution in [-0.2, 0) is 0 Å². The molecule has 17 heavy (non-hydrogen) atoms. The average Bonchev–Trinajstić information content (AvgIpc) is 2.29. The Morgan fingerprint density at radius 3 is 2.82 bits per heavy atom. The molecule has 0 aliphatic rings. The summed E-state index contributed by atoms with van der Waals surface area (Å²) in [6.07, 6.45) is 4.81. The van der Waals surface area contributed by atoms with Gasteiger partial charge in [0.15, 0.2) is 0 Å². The van der Waals surface area contributed by atoms with Crippen LogP contribution in [0.1, 0.15) is 21.6 Å². The lowest BCUT2D eigenvalue weighted by molar-refractivity contribution is 0.102. The first-order valence-corrected chi connectivity index (χ1v) is 5.18. The molecular weight excluding hydrogens is 216 g/mol. The molecule has 2 rings (SSSR count). The summed E-state index contributed by atoms with van der Waals surface area (Å²) >= 11 is 0. The molecule has 0 spiro atoms. The van der Waals surface area contributed by atoms with Crippen LogP contribution in [-0.4, -0.2) is 20.9 Å². The van der Waals surface area contributed by atoms with E-state index in [1.165, 1.54) is 6.20 Å². The molecule has 1 amide bonds. The van der Waals surface area contributed by atoms with Crippen molar-refractivity contribution < 1.29 is 4.79 Å². The molecular formula is C12H12N4O. The predicted octanol–water partition coefficient (Wildman–Crippen LogP) is 1.74. The molecule has 2 heterocycles. The van der Waals surface area contributed by atoms with Gasteiger partial charge in [-0.25, -0.2) is 9.97 Å². The van der Waals surface area contributed by atoms with E-state index in [0.29, 0.717) is 11.5 Å². The number of nitrogens with one attached hydrogen (secondary N) is 1. The number of rotatable bonds is 2. The Bertz CT molecular complexity index is 554. The fourth-order valence-corrected chi connectivity index (χ4v) is 1.36. The minimum absolute atomic E-state index is 0.258. The van der Waals surface area contributed by atoms with Crippen LogP contribution in [0.15, 0.2) is 30.7 Å². The summed E-state index contributed by atoms with van der Waals surface area (Å²) in [5.74, 6) is 0.0447. The zero-order valence-corrected chi connectivity index (χ0v) is 9.64. The Kier molecular flexibility index (Phi) is 3.09. The Labute approximate surface area is 99.0 Å². The van der Waals surface area contributed by atoms with E-state index >= 15 is 0 Å². The van der Waals surface area contributed by atoms with Crippen LogP contribution < -0.4 is 5.32 Å². The van der Waals surface area contributed by atoms with Gasteiger partial charge in [-0.15, -0.1) is 0 Å². The van der Waals surface area contributed by atoms with Gasteiger partial charge in [-0.05, 0) is 31.5 Å². The molecule has 0 aromatic carbocycles. The van der Waals surface area contributed by atoms with Crippen LogP contribution in [0.2, 0.25) is 0 Å². The SMILES string of the molecule is Cc1cncc(C(=O)Nc2nccc(C)n2)c1. The van der Waals surface area contributed by atoms with Gasteiger partial charge in [0, 0.05) is 24.3 Å². The number of anilines is 1. The molecule has 2 aromatic heterocycles. The van der Waals surface area contributed by atoms with E-state index in [9.17, 15) is 4.79 Å². The van der Waals surface area contributed by atoms with E-state index in [1.54, 1.807) is 24.5 Å². The van der Waals surface area contributed by atoms with Crippen molar-refractivity contribution in [1.29, 1.82) is 0 Å². The molecule has 0 radical (unpaired) electrons. The second kappa shape index (κ2) is 4.69. The minimum Gasteiger partial charge on any atom is -0.290 e. The van der Waals surface area contributed by atoms with Crippen molar-refractivity contribution in [2.45, 2.75) is 13.8 Å². The second-order valence-electron chi connectivity index (χ2n) is 3.73. The Hall–Kier alpha value is -2.30. The van der Waals surface area contributed by atoms with E-state index in [2.05, 4.69) is 20.3 Å². The first kappa shape index (κ1) is 11.2. The van der Waals surface area contributed by atoms with Crippen molar-refractivity contribution in [3.05, 3.63) is 47.5 Å². The summed E-state index contributed by atoms with van der Waals surface area (Å²) in [5.41, 5.74) is 2.23. The maximum atomic E-state index is 11.8. The summed E-state index contributed by atoms with van der Waals surface area (Å²) in [4.78, 5) is 23.9. The number of pyridine rings is 1. The fourth-order valence-electron chi connectivity index (χ4n) is 1.36. The standard InChI is InChI=1S/C12H12N4O/c1-8-5-10(7-13-6-8)11(17)16-12-14-4-3-9(2)15-12/h3-7H,1-2H3,(H,14,15,16,17). The van der Waals surface area contributed by atoms with Crippen LogP contribution in [0, 0.1) is 13.8 Å². The second-order valence-corrected chi connectivity index (χ2v) is 3.73. The topological polar surface area (TPSA) is 67.8 Å². The van der Waals surface area contributed by atoms with Gasteiger partial charge in [0.1, 0.15) is 0 Å². The number of carbonyl (C=O) groups excluding carboxylic acids is 1. The Morgan fingerprint density at radius 2 is 2.12 bits per heavy atom. The minimum atomic E-state index is -0.258. The molecule has 0 atom stereocenters. The highest BCUT2D eigenvalue weighted by molar-refractivity contribution is 6.03. The summed E-state index contributed by atoms with van der Waals surface area (Å²) < 4.78 is 0. The monoisotopic (exact) mass is 228 g/mol. The smallest absolute Gasteiger partial charge is 0.259 e. The fraction of sp³-hybridized carbons (Fsp3) is 0.167. The zero-order valence-electron chi connectivity index (χ0n) is 9.64. The summed E-state index contributed by atoms with van der Waals surface area (Å²) in [5, 5.41) is 2.63. The number of amides is 1. The molecule has 0 aliphatic heterocycles. The lowest BCUT2D eigenvalue weighted by Gasteiger charge is -2.04. The molecule has 2 aromatic rings. The number of hydrogen-bond acceptors (Lipinski definition) is 4. The predicted molar refractivity (Wildman–Crippen MR) is 63.7 cm³/mol. The van der Waals surface area contributed by atoms with E-state index in [1.807, 2.05) is 13.8 Å². The quantitative estimate of drug-likeness (QED) is 0.850. The molecule has 5 heteroatoms. The van der Waals surface area contributed by atoms with E-state index < -0.39 is 0 Å². The van der Waals surface area contributed by atoms with Crippen molar-refractivity contribution in [2.24, 2.45) is 0 Å². The van der Waals surface area contributed by atoms with Crippen molar-refractivity contribution in [3.63, 3.8) is 0 Å². The van der Waals surface area contributed by atoms with Gasteiger partial charge in [-0.1, -0.05) is 0 Å². The van der Waals surface area contributed by atoms with E-state index in [4.69, 9.17) is 0 Å². The number of aryl methyl sites for hydroxylation is 2. The maximum absolute atomic E-state index is 11.8. The number of carbonyl (C=O) groups is 1. The lowest BCUT2D eigenvalue weighted by atomic mass is 10.2. The number of nitrogens with zero attached hydrogens (tertiary/aromatic N) is 3. The first-order chi connectivity index (χ1) is 8.15. The average molecular weight is 228 g/mol. The van der Waals surface area contributed by atoms with Gasteiger partial charge in [-0.3, -0.25) is 15.1 Å². The molecule has 0 fully saturated rings. The molecule has 0 bridgehead atoms. The van der Waals surface area contributed by atoms with Gasteiger partial charge in [0.2, 0.25) is 5.95 Å². The van der Waals surface area contributed by atoms with E-state index in [-0.39, 0.29) is 5.91 Å². The summed E-state index contributed by atoms with van der Waals surface area (Å²) in [6.45, 7) is 3.72. The maximum Gasteiger partial charge on any atom is 0.259 e.